The zero-order chi connectivity index (χ0) is 19.4. The highest BCUT2D eigenvalue weighted by molar-refractivity contribution is 6.33. The van der Waals surface area contributed by atoms with Gasteiger partial charge in [-0.25, -0.2) is 4.98 Å². The number of rotatable bonds is 5. The first kappa shape index (κ1) is 19.0. The molecule has 3 aromatic rings. The molecule has 0 unspecified atom stereocenters. The SMILES string of the molecule is CCN(c1ncc(C(F)(F)F)c(Oc2ccccc2)n1)c1ccccc1Cl. The predicted octanol–water partition coefficient (Wildman–Crippen LogP) is 6.10. The summed E-state index contributed by atoms with van der Waals surface area (Å²) < 4.78 is 45.5. The minimum Gasteiger partial charge on any atom is -0.438 e. The number of hydrogen-bond acceptors (Lipinski definition) is 4. The van der Waals surface area contributed by atoms with Crippen LogP contribution in [0.15, 0.2) is 60.8 Å². The van der Waals surface area contributed by atoms with E-state index in [-0.39, 0.29) is 11.7 Å². The van der Waals surface area contributed by atoms with Crippen LogP contribution in [0.1, 0.15) is 12.5 Å². The van der Waals surface area contributed by atoms with Crippen molar-refractivity contribution in [1.29, 1.82) is 0 Å². The average molecular weight is 394 g/mol. The number of halogens is 4. The van der Waals surface area contributed by atoms with Gasteiger partial charge in [-0.1, -0.05) is 41.9 Å². The van der Waals surface area contributed by atoms with E-state index in [0.29, 0.717) is 17.3 Å². The van der Waals surface area contributed by atoms with E-state index in [2.05, 4.69) is 9.97 Å². The van der Waals surface area contributed by atoms with E-state index in [1.807, 2.05) is 6.92 Å². The van der Waals surface area contributed by atoms with Crippen LogP contribution in [0.25, 0.3) is 0 Å². The maximum atomic E-state index is 13.4. The van der Waals surface area contributed by atoms with Crippen LogP contribution in [-0.2, 0) is 6.18 Å². The minimum absolute atomic E-state index is 0.0598. The summed E-state index contributed by atoms with van der Waals surface area (Å²) in [5.74, 6) is -0.262. The Labute approximate surface area is 159 Å². The number of aromatic nitrogens is 2. The van der Waals surface area contributed by atoms with Crippen LogP contribution in [-0.4, -0.2) is 16.5 Å². The van der Waals surface area contributed by atoms with Gasteiger partial charge >= 0.3 is 6.18 Å². The van der Waals surface area contributed by atoms with Crippen molar-refractivity contribution in [2.75, 3.05) is 11.4 Å². The molecule has 0 radical (unpaired) electrons. The summed E-state index contributed by atoms with van der Waals surface area (Å²) in [6.07, 6.45) is -3.93. The van der Waals surface area contributed by atoms with Crippen LogP contribution >= 0.6 is 11.6 Å². The summed E-state index contributed by atoms with van der Waals surface area (Å²) in [6.45, 7) is 2.22. The molecule has 0 aliphatic carbocycles. The first-order valence-corrected chi connectivity index (χ1v) is 8.47. The fourth-order valence-corrected chi connectivity index (χ4v) is 2.69. The number of alkyl halides is 3. The van der Waals surface area contributed by atoms with Crippen LogP contribution in [0.4, 0.5) is 24.8 Å². The monoisotopic (exact) mass is 393 g/mol. The van der Waals surface area contributed by atoms with E-state index in [9.17, 15) is 13.2 Å². The third-order valence-corrected chi connectivity index (χ3v) is 4.02. The second kappa shape index (κ2) is 7.84. The first-order chi connectivity index (χ1) is 12.9. The van der Waals surface area contributed by atoms with Crippen LogP contribution in [0.2, 0.25) is 5.02 Å². The van der Waals surface area contributed by atoms with Crippen molar-refractivity contribution in [2.45, 2.75) is 13.1 Å². The van der Waals surface area contributed by atoms with Crippen molar-refractivity contribution in [3.8, 4) is 11.6 Å². The van der Waals surface area contributed by atoms with Gasteiger partial charge in [-0.3, -0.25) is 0 Å². The molecule has 0 aliphatic rings. The zero-order valence-electron chi connectivity index (χ0n) is 14.2. The van der Waals surface area contributed by atoms with Gasteiger partial charge in [-0.2, -0.15) is 18.2 Å². The number of ether oxygens (including phenoxy) is 1. The Bertz CT molecular complexity index is 920. The van der Waals surface area contributed by atoms with Gasteiger partial charge in [0.1, 0.15) is 11.3 Å². The Kier molecular flexibility index (Phi) is 5.51. The van der Waals surface area contributed by atoms with Crippen molar-refractivity contribution >= 4 is 23.2 Å². The molecule has 0 fully saturated rings. The van der Waals surface area contributed by atoms with Crippen LogP contribution in [0.3, 0.4) is 0 Å². The van der Waals surface area contributed by atoms with Gasteiger partial charge in [0.2, 0.25) is 11.8 Å². The fraction of sp³-hybridized carbons (Fsp3) is 0.158. The molecule has 4 nitrogen and oxygen atoms in total. The summed E-state index contributed by atoms with van der Waals surface area (Å²) in [7, 11) is 0. The van der Waals surface area contributed by atoms with E-state index >= 15 is 0 Å². The van der Waals surface area contributed by atoms with E-state index in [1.54, 1.807) is 59.5 Å². The molecule has 0 amide bonds. The van der Waals surface area contributed by atoms with Gasteiger partial charge in [0.25, 0.3) is 0 Å². The highest BCUT2D eigenvalue weighted by Crippen LogP contribution is 2.38. The maximum absolute atomic E-state index is 13.4. The molecule has 0 atom stereocenters. The predicted molar refractivity (Wildman–Crippen MR) is 97.7 cm³/mol. The molecule has 2 aromatic carbocycles. The summed E-state index contributed by atoms with van der Waals surface area (Å²) in [6, 6.07) is 15.1. The second-order valence-electron chi connectivity index (χ2n) is 5.50. The first-order valence-electron chi connectivity index (χ1n) is 8.09. The van der Waals surface area contributed by atoms with Crippen LogP contribution < -0.4 is 9.64 Å². The normalized spacial score (nSPS) is 11.3. The maximum Gasteiger partial charge on any atom is 0.423 e. The standard InChI is InChI=1S/C19H15ClF3N3O/c1-2-26(16-11-7-6-10-15(16)20)18-24-12-14(19(21,22)23)17(25-18)27-13-8-4-3-5-9-13/h3-12H,2H2,1H3. The van der Waals surface area contributed by atoms with E-state index < -0.39 is 17.6 Å². The van der Waals surface area contributed by atoms with Crippen LogP contribution in [0.5, 0.6) is 11.6 Å². The zero-order valence-corrected chi connectivity index (χ0v) is 15.0. The molecule has 0 bridgehead atoms. The summed E-state index contributed by atoms with van der Waals surface area (Å²) >= 11 is 6.21. The molecule has 1 aromatic heterocycles. The van der Waals surface area contributed by atoms with E-state index in [0.717, 1.165) is 6.20 Å². The largest absolute Gasteiger partial charge is 0.438 e. The molecule has 0 N–H and O–H groups in total. The molecule has 140 valence electrons. The Morgan fingerprint density at radius 1 is 1.04 bits per heavy atom. The lowest BCUT2D eigenvalue weighted by atomic mass is 10.3. The van der Waals surface area contributed by atoms with Crippen molar-refractivity contribution in [3.63, 3.8) is 0 Å². The second-order valence-corrected chi connectivity index (χ2v) is 5.90. The highest BCUT2D eigenvalue weighted by Gasteiger charge is 2.37. The van der Waals surface area contributed by atoms with Gasteiger partial charge in [0, 0.05) is 12.7 Å². The Balaban J connectivity index is 2.07. The minimum atomic E-state index is -4.65. The molecule has 27 heavy (non-hydrogen) atoms. The lowest BCUT2D eigenvalue weighted by Gasteiger charge is -2.23. The molecule has 1 heterocycles. The van der Waals surface area contributed by atoms with Gasteiger partial charge in [-0.05, 0) is 31.2 Å². The molecule has 0 spiro atoms. The molecular weight excluding hydrogens is 379 g/mol. The Morgan fingerprint density at radius 3 is 2.33 bits per heavy atom. The summed E-state index contributed by atoms with van der Waals surface area (Å²) in [5, 5.41) is 0.438. The van der Waals surface area contributed by atoms with Gasteiger partial charge in [0.05, 0.1) is 10.7 Å². The topological polar surface area (TPSA) is 38.2 Å². The third-order valence-electron chi connectivity index (χ3n) is 3.71. The number of anilines is 2. The van der Waals surface area contributed by atoms with Crippen LogP contribution in [0, 0.1) is 0 Å². The summed E-state index contributed by atoms with van der Waals surface area (Å²) in [4.78, 5) is 9.54. The van der Waals surface area contributed by atoms with Crippen molar-refractivity contribution in [3.05, 3.63) is 71.4 Å². The average Bonchev–Trinajstić information content (AvgIpc) is 2.64. The molecule has 0 saturated heterocycles. The van der Waals surface area contributed by atoms with Gasteiger partial charge in [0.15, 0.2) is 0 Å². The lowest BCUT2D eigenvalue weighted by molar-refractivity contribution is -0.139. The van der Waals surface area contributed by atoms with Gasteiger partial charge < -0.3 is 9.64 Å². The van der Waals surface area contributed by atoms with Crippen molar-refractivity contribution < 1.29 is 17.9 Å². The molecule has 3 rings (SSSR count). The number of nitrogens with zero attached hydrogens (tertiary/aromatic N) is 3. The third kappa shape index (κ3) is 4.31. The molecule has 0 saturated carbocycles. The van der Waals surface area contributed by atoms with Gasteiger partial charge in [-0.15, -0.1) is 0 Å². The molecular formula is C19H15ClF3N3O. The highest BCUT2D eigenvalue weighted by atomic mass is 35.5. The van der Waals surface area contributed by atoms with E-state index in [4.69, 9.17) is 16.3 Å². The molecule has 0 aliphatic heterocycles. The Hall–Kier alpha value is -2.80. The number of para-hydroxylation sites is 2. The molecule has 8 heteroatoms. The summed E-state index contributed by atoms with van der Waals surface area (Å²) in [5.41, 5.74) is -0.461. The number of benzene rings is 2. The Morgan fingerprint density at radius 2 is 1.70 bits per heavy atom. The smallest absolute Gasteiger partial charge is 0.423 e. The van der Waals surface area contributed by atoms with Crippen molar-refractivity contribution in [1.82, 2.24) is 9.97 Å². The number of hydrogen-bond donors (Lipinski definition) is 0. The fourth-order valence-electron chi connectivity index (χ4n) is 2.45. The lowest BCUT2D eigenvalue weighted by Crippen LogP contribution is -2.20. The van der Waals surface area contributed by atoms with E-state index in [1.165, 1.54) is 0 Å². The quantitative estimate of drug-likeness (QED) is 0.525. The van der Waals surface area contributed by atoms with Crippen molar-refractivity contribution in [2.24, 2.45) is 0 Å².